The average Bonchev–Trinajstić information content (AvgIpc) is 3.28. The first-order valence-corrected chi connectivity index (χ1v) is 11.8. The van der Waals surface area contributed by atoms with Gasteiger partial charge in [-0.1, -0.05) is 24.3 Å². The number of piperidine rings is 1. The Balaban J connectivity index is 1.58. The Hall–Kier alpha value is -4.17. The Morgan fingerprint density at radius 1 is 0.944 bits per heavy atom. The number of likely N-dealkylation sites (tertiary alicyclic amines) is 1. The van der Waals surface area contributed by atoms with Crippen molar-refractivity contribution in [1.29, 1.82) is 0 Å². The van der Waals surface area contributed by atoms with Crippen LogP contribution in [0.25, 0.3) is 6.08 Å². The lowest BCUT2D eigenvalue weighted by Crippen LogP contribution is -2.41. The number of rotatable bonds is 6. The fourth-order valence-electron chi connectivity index (χ4n) is 4.97. The minimum absolute atomic E-state index is 0.0591. The van der Waals surface area contributed by atoms with Crippen molar-refractivity contribution < 1.29 is 14.4 Å². The van der Waals surface area contributed by atoms with E-state index in [4.69, 9.17) is 14.6 Å². The van der Waals surface area contributed by atoms with Crippen molar-refractivity contribution in [3.8, 4) is 11.5 Å². The lowest BCUT2D eigenvalue weighted by atomic mass is 9.83. The van der Waals surface area contributed by atoms with Gasteiger partial charge in [0, 0.05) is 31.1 Å². The molecule has 0 aromatic heterocycles. The third-order valence-corrected chi connectivity index (χ3v) is 6.73. The van der Waals surface area contributed by atoms with Gasteiger partial charge < -0.3 is 14.4 Å². The minimum Gasteiger partial charge on any atom is -0.497 e. The molecule has 1 saturated heterocycles. The maximum Gasteiger partial charge on any atom is 0.269 e. The highest BCUT2D eigenvalue weighted by Gasteiger charge is 2.43. The fraction of sp³-hybridized carbons (Fsp3) is 0.250. The second kappa shape index (κ2) is 9.83. The first-order valence-electron chi connectivity index (χ1n) is 11.8. The lowest BCUT2D eigenvalue weighted by Gasteiger charge is -2.34. The molecule has 0 N–H and O–H groups in total. The number of hydrogen-bond donors (Lipinski definition) is 0. The molecule has 8 nitrogen and oxygen atoms in total. The van der Waals surface area contributed by atoms with E-state index in [1.54, 1.807) is 26.4 Å². The van der Waals surface area contributed by atoms with E-state index < -0.39 is 0 Å². The molecule has 184 valence electrons. The number of nitro groups is 1. The normalized spacial score (nSPS) is 20.7. The quantitative estimate of drug-likeness (QED) is 0.355. The molecule has 2 atom stereocenters. The summed E-state index contributed by atoms with van der Waals surface area (Å²) in [6.07, 6.45) is 2.19. The molecule has 3 aromatic rings. The molecule has 5 rings (SSSR count). The van der Waals surface area contributed by atoms with E-state index >= 15 is 0 Å². The average molecular weight is 485 g/mol. The van der Waals surface area contributed by atoms with E-state index in [9.17, 15) is 10.1 Å². The zero-order valence-electron chi connectivity index (χ0n) is 20.5. The number of hydrazone groups is 1. The van der Waals surface area contributed by atoms with Gasteiger partial charge in [-0.15, -0.1) is 0 Å². The number of nitro benzene ring substituents is 1. The molecule has 1 fully saturated rings. The highest BCUT2D eigenvalue weighted by Crippen LogP contribution is 2.43. The largest absolute Gasteiger partial charge is 0.497 e. The summed E-state index contributed by atoms with van der Waals surface area (Å²) in [5.41, 5.74) is 5.26. The molecule has 0 radical (unpaired) electrons. The summed E-state index contributed by atoms with van der Waals surface area (Å²) in [5, 5.41) is 18.3. The van der Waals surface area contributed by atoms with E-state index in [1.165, 1.54) is 12.1 Å². The number of benzene rings is 3. The first-order chi connectivity index (χ1) is 17.5. The number of ether oxygens (including phenoxy) is 2. The maximum atomic E-state index is 11.2. The molecule has 2 heterocycles. The summed E-state index contributed by atoms with van der Waals surface area (Å²) in [4.78, 5) is 13.1. The summed E-state index contributed by atoms with van der Waals surface area (Å²) in [5.74, 6) is 1.73. The number of non-ortho nitro benzene ring substituents is 1. The van der Waals surface area contributed by atoms with Crippen molar-refractivity contribution in [1.82, 2.24) is 4.90 Å². The third kappa shape index (κ3) is 4.55. The number of hydrogen-bond acceptors (Lipinski definition) is 7. The van der Waals surface area contributed by atoms with Gasteiger partial charge in [-0.25, -0.2) is 0 Å². The van der Waals surface area contributed by atoms with Crippen LogP contribution in [0, 0.1) is 16.0 Å². The molecule has 0 aliphatic carbocycles. The zero-order valence-corrected chi connectivity index (χ0v) is 20.5. The smallest absolute Gasteiger partial charge is 0.269 e. The van der Waals surface area contributed by atoms with Crippen LogP contribution in [0.5, 0.6) is 11.5 Å². The van der Waals surface area contributed by atoms with Gasteiger partial charge in [0.1, 0.15) is 11.5 Å². The van der Waals surface area contributed by atoms with E-state index in [2.05, 4.69) is 30.2 Å². The Morgan fingerprint density at radius 2 is 1.56 bits per heavy atom. The second-order valence-corrected chi connectivity index (χ2v) is 9.07. The van der Waals surface area contributed by atoms with Crippen molar-refractivity contribution in [2.75, 3.05) is 39.4 Å². The molecule has 3 aromatic carbocycles. The fourth-order valence-corrected chi connectivity index (χ4v) is 4.97. The van der Waals surface area contributed by atoms with Crippen LogP contribution in [0.15, 0.2) is 83.5 Å². The van der Waals surface area contributed by atoms with Gasteiger partial charge >= 0.3 is 0 Å². The molecule has 0 amide bonds. The van der Waals surface area contributed by atoms with Crippen LogP contribution in [0.3, 0.4) is 0 Å². The number of methoxy groups -OCH3 is 2. The molecular weight excluding hydrogens is 456 g/mol. The molecule has 2 aliphatic rings. The summed E-state index contributed by atoms with van der Waals surface area (Å²) >= 11 is 0. The first kappa shape index (κ1) is 23.6. The summed E-state index contributed by atoms with van der Waals surface area (Å²) in [7, 11) is 5.44. The van der Waals surface area contributed by atoms with Crippen LogP contribution >= 0.6 is 0 Å². The zero-order chi connectivity index (χ0) is 25.2. The molecule has 0 saturated carbocycles. The van der Waals surface area contributed by atoms with Gasteiger partial charge in [0.2, 0.25) is 0 Å². The SMILES string of the molecule is COc1ccc(/C=C2\CN(C)C[C@@H]3C2=NN(c2ccc([N+](=O)[O-])cc2)[C@H]3c2ccc(OC)cc2)cc1. The van der Waals surface area contributed by atoms with Gasteiger partial charge in [-0.3, -0.25) is 15.1 Å². The molecule has 8 heteroatoms. The summed E-state index contributed by atoms with van der Waals surface area (Å²) in [6, 6.07) is 22.6. The van der Waals surface area contributed by atoms with Crippen LogP contribution in [0.2, 0.25) is 0 Å². The number of fused-ring (bicyclic) bond motifs is 1. The highest BCUT2D eigenvalue weighted by atomic mass is 16.6. The van der Waals surface area contributed by atoms with E-state index in [0.717, 1.165) is 52.7 Å². The lowest BCUT2D eigenvalue weighted by molar-refractivity contribution is -0.384. The standard InChI is InChI=1S/C28H28N4O4/c1-30-17-21(16-19-4-12-24(35-2)13-5-19)27-26(18-30)28(20-6-14-25(36-3)15-7-20)31(29-27)22-8-10-23(11-9-22)32(33)34/h4-16,26,28H,17-18H2,1-3H3/b21-16+/t26-,28+/m1/s1. The van der Waals surface area contributed by atoms with Crippen LogP contribution in [-0.2, 0) is 0 Å². The summed E-state index contributed by atoms with van der Waals surface area (Å²) in [6.45, 7) is 1.63. The monoisotopic (exact) mass is 484 g/mol. The topological polar surface area (TPSA) is 80.4 Å². The second-order valence-electron chi connectivity index (χ2n) is 9.07. The van der Waals surface area contributed by atoms with Crippen molar-refractivity contribution >= 4 is 23.2 Å². The number of nitrogens with zero attached hydrogens (tertiary/aromatic N) is 4. The minimum atomic E-state index is -0.384. The Morgan fingerprint density at radius 3 is 2.14 bits per heavy atom. The van der Waals surface area contributed by atoms with Crippen LogP contribution in [-0.4, -0.2) is 49.9 Å². The molecule has 0 bridgehead atoms. The Bertz CT molecular complexity index is 1300. The third-order valence-electron chi connectivity index (χ3n) is 6.73. The molecular formula is C28H28N4O4. The maximum absolute atomic E-state index is 11.2. The Kier molecular flexibility index (Phi) is 6.43. The van der Waals surface area contributed by atoms with Gasteiger partial charge in [-0.2, -0.15) is 5.10 Å². The number of likely N-dealkylation sites (N-methyl/N-ethyl adjacent to an activating group) is 1. The highest BCUT2D eigenvalue weighted by molar-refractivity contribution is 6.09. The van der Waals surface area contributed by atoms with E-state index in [0.29, 0.717) is 0 Å². The molecule has 36 heavy (non-hydrogen) atoms. The molecule has 0 unspecified atom stereocenters. The predicted molar refractivity (Wildman–Crippen MR) is 141 cm³/mol. The molecule has 2 aliphatic heterocycles. The van der Waals surface area contributed by atoms with E-state index in [1.807, 2.05) is 41.4 Å². The van der Waals surface area contributed by atoms with Gasteiger partial charge in [0.15, 0.2) is 0 Å². The van der Waals surface area contributed by atoms with E-state index in [-0.39, 0.29) is 22.6 Å². The molecule has 0 spiro atoms. The van der Waals surface area contributed by atoms with Crippen molar-refractivity contribution in [2.24, 2.45) is 11.0 Å². The van der Waals surface area contributed by atoms with Crippen LogP contribution < -0.4 is 14.5 Å². The summed E-state index contributed by atoms with van der Waals surface area (Å²) < 4.78 is 10.7. The van der Waals surface area contributed by atoms with Crippen molar-refractivity contribution in [2.45, 2.75) is 6.04 Å². The van der Waals surface area contributed by atoms with Crippen molar-refractivity contribution in [3.05, 3.63) is 99.6 Å². The predicted octanol–water partition coefficient (Wildman–Crippen LogP) is 5.17. The van der Waals surface area contributed by atoms with Crippen molar-refractivity contribution in [3.63, 3.8) is 0 Å². The van der Waals surface area contributed by atoms with Gasteiger partial charge in [-0.05, 0) is 66.2 Å². The van der Waals surface area contributed by atoms with Gasteiger partial charge in [0.25, 0.3) is 5.69 Å². The number of anilines is 1. The van der Waals surface area contributed by atoms with Crippen LogP contribution in [0.4, 0.5) is 11.4 Å². The van der Waals surface area contributed by atoms with Crippen LogP contribution in [0.1, 0.15) is 17.2 Å². The Labute approximate surface area is 210 Å². The van der Waals surface area contributed by atoms with Gasteiger partial charge in [0.05, 0.1) is 36.6 Å².